The number of halogens is 4. The summed E-state index contributed by atoms with van der Waals surface area (Å²) in [7, 11) is -4.13. The molecule has 0 aromatic heterocycles. The molecule has 1 fully saturated rings. The molecule has 1 aliphatic carbocycles. The molecule has 1 aliphatic rings. The molecular formula is C28H34ClF3N2O6S. The highest BCUT2D eigenvalue weighted by atomic mass is 35.5. The molecule has 1 unspecified atom stereocenters. The largest absolute Gasteiger partial charge is 0.480 e. The van der Waals surface area contributed by atoms with Gasteiger partial charge in [0.2, 0.25) is 0 Å². The number of carboxylic acid groups (broad SMARTS) is 1. The van der Waals surface area contributed by atoms with Crippen LogP contribution >= 0.6 is 11.6 Å². The van der Waals surface area contributed by atoms with Crippen molar-refractivity contribution in [3.8, 4) is 0 Å². The molecule has 2 aromatic rings. The summed E-state index contributed by atoms with van der Waals surface area (Å²) in [6.07, 6.45) is 0.549. The molecule has 226 valence electrons. The minimum atomic E-state index is -4.13. The lowest BCUT2D eigenvalue weighted by Gasteiger charge is -2.47. The van der Waals surface area contributed by atoms with Crippen LogP contribution in [0.5, 0.6) is 0 Å². The minimum Gasteiger partial charge on any atom is -0.480 e. The Morgan fingerprint density at radius 3 is 2.27 bits per heavy atom. The van der Waals surface area contributed by atoms with E-state index in [2.05, 4.69) is 10.6 Å². The second-order valence-electron chi connectivity index (χ2n) is 10.9. The Morgan fingerprint density at radius 1 is 1.12 bits per heavy atom. The molecule has 4 N–H and O–H groups in total. The number of hydrogen-bond acceptors (Lipinski definition) is 6. The zero-order chi connectivity index (χ0) is 30.9. The van der Waals surface area contributed by atoms with Gasteiger partial charge in [0.15, 0.2) is 27.3 Å². The number of anilines is 1. The third-order valence-electron chi connectivity index (χ3n) is 7.94. The first kappa shape index (κ1) is 32.8. The van der Waals surface area contributed by atoms with E-state index in [1.165, 1.54) is 12.1 Å². The SMILES string of the molecule is CCC1C[C@@H](S(=O)(=O)c2cc(C(=O)Nc3cc(F)c(F)c(F)c3)ccc2Cl)C[C@H](C)[C@@]1(O)CN[C@H](C(=O)O)C(C)C. The summed E-state index contributed by atoms with van der Waals surface area (Å²) in [6, 6.07) is 3.82. The average Bonchev–Trinajstić information content (AvgIpc) is 2.88. The summed E-state index contributed by atoms with van der Waals surface area (Å²) < 4.78 is 68.0. The van der Waals surface area contributed by atoms with E-state index in [1.807, 2.05) is 6.92 Å². The maximum Gasteiger partial charge on any atom is 0.320 e. The topological polar surface area (TPSA) is 133 Å². The van der Waals surface area contributed by atoms with Crippen molar-refractivity contribution >= 4 is 39.0 Å². The normalized spacial score (nSPS) is 23.8. The summed E-state index contributed by atoms with van der Waals surface area (Å²) in [4.78, 5) is 24.1. The van der Waals surface area contributed by atoms with Crippen LogP contribution in [0.2, 0.25) is 5.02 Å². The van der Waals surface area contributed by atoms with Crippen LogP contribution in [0.3, 0.4) is 0 Å². The number of aliphatic carboxylic acids is 1. The van der Waals surface area contributed by atoms with Gasteiger partial charge in [0.1, 0.15) is 6.04 Å². The predicted molar refractivity (Wildman–Crippen MR) is 148 cm³/mol. The van der Waals surface area contributed by atoms with Gasteiger partial charge in [-0.05, 0) is 48.8 Å². The third-order valence-corrected chi connectivity index (χ3v) is 10.6. The van der Waals surface area contributed by atoms with Gasteiger partial charge < -0.3 is 20.8 Å². The van der Waals surface area contributed by atoms with Gasteiger partial charge in [0.05, 0.1) is 20.8 Å². The van der Waals surface area contributed by atoms with Crippen LogP contribution < -0.4 is 10.6 Å². The van der Waals surface area contributed by atoms with Crippen molar-refractivity contribution in [1.82, 2.24) is 5.32 Å². The predicted octanol–water partition coefficient (Wildman–Crippen LogP) is 5.04. The smallest absolute Gasteiger partial charge is 0.320 e. The minimum absolute atomic E-state index is 0.0322. The maximum atomic E-state index is 13.8. The number of sulfone groups is 1. The fourth-order valence-corrected chi connectivity index (χ4v) is 7.92. The average molecular weight is 619 g/mol. The van der Waals surface area contributed by atoms with E-state index < -0.39 is 67.9 Å². The van der Waals surface area contributed by atoms with Crippen LogP contribution in [0.1, 0.15) is 57.3 Å². The van der Waals surface area contributed by atoms with Crippen LogP contribution in [0.4, 0.5) is 18.9 Å². The van der Waals surface area contributed by atoms with Gasteiger partial charge in [-0.1, -0.05) is 45.7 Å². The molecule has 5 atom stereocenters. The molecule has 2 aromatic carbocycles. The van der Waals surface area contributed by atoms with Gasteiger partial charge in [0, 0.05) is 29.9 Å². The number of rotatable bonds is 10. The van der Waals surface area contributed by atoms with E-state index in [4.69, 9.17) is 11.6 Å². The summed E-state index contributed by atoms with van der Waals surface area (Å²) in [5.41, 5.74) is -1.90. The number of carbonyl (C=O) groups excluding carboxylic acids is 1. The molecule has 13 heteroatoms. The number of carbonyl (C=O) groups is 2. The van der Waals surface area contributed by atoms with Crippen LogP contribution in [0, 0.1) is 35.2 Å². The zero-order valence-corrected chi connectivity index (χ0v) is 24.6. The Labute approximate surface area is 242 Å². The fraction of sp³-hybridized carbons (Fsp3) is 0.500. The van der Waals surface area contributed by atoms with Crippen LogP contribution in [0.25, 0.3) is 0 Å². The number of aliphatic hydroxyl groups is 1. The molecule has 0 heterocycles. The summed E-state index contributed by atoms with van der Waals surface area (Å²) in [6.45, 7) is 6.98. The molecule has 0 spiro atoms. The van der Waals surface area contributed by atoms with Gasteiger partial charge in [-0.2, -0.15) is 0 Å². The van der Waals surface area contributed by atoms with Crippen molar-refractivity contribution in [2.75, 3.05) is 11.9 Å². The lowest BCUT2D eigenvalue weighted by atomic mass is 9.67. The zero-order valence-electron chi connectivity index (χ0n) is 23.0. The highest BCUT2D eigenvalue weighted by Gasteiger charge is 2.50. The van der Waals surface area contributed by atoms with Gasteiger partial charge >= 0.3 is 5.97 Å². The van der Waals surface area contributed by atoms with Crippen molar-refractivity contribution in [1.29, 1.82) is 0 Å². The first-order valence-electron chi connectivity index (χ1n) is 13.2. The summed E-state index contributed by atoms with van der Waals surface area (Å²) in [5, 5.41) is 25.2. The van der Waals surface area contributed by atoms with E-state index in [0.717, 1.165) is 6.07 Å². The van der Waals surface area contributed by atoms with Crippen molar-refractivity contribution < 1.29 is 41.4 Å². The highest BCUT2D eigenvalue weighted by Crippen LogP contribution is 2.44. The number of nitrogens with one attached hydrogen (secondary N) is 2. The second-order valence-corrected chi connectivity index (χ2v) is 13.5. The quantitative estimate of drug-likeness (QED) is 0.274. The van der Waals surface area contributed by atoms with Crippen molar-refractivity contribution in [2.24, 2.45) is 17.8 Å². The van der Waals surface area contributed by atoms with E-state index >= 15 is 0 Å². The first-order valence-corrected chi connectivity index (χ1v) is 15.1. The Balaban J connectivity index is 1.86. The van der Waals surface area contributed by atoms with Crippen LogP contribution in [-0.4, -0.2) is 53.9 Å². The van der Waals surface area contributed by atoms with E-state index in [1.54, 1.807) is 20.8 Å². The van der Waals surface area contributed by atoms with Crippen molar-refractivity contribution in [2.45, 2.75) is 68.7 Å². The molecular weight excluding hydrogens is 585 g/mol. The van der Waals surface area contributed by atoms with Crippen LogP contribution in [-0.2, 0) is 14.6 Å². The lowest BCUT2D eigenvalue weighted by molar-refractivity contribution is -0.142. The van der Waals surface area contributed by atoms with E-state index in [-0.39, 0.29) is 46.5 Å². The molecule has 1 amide bonds. The Morgan fingerprint density at radius 2 is 1.73 bits per heavy atom. The van der Waals surface area contributed by atoms with Gasteiger partial charge in [-0.3, -0.25) is 9.59 Å². The maximum absolute atomic E-state index is 13.8. The Bertz CT molecular complexity index is 1400. The number of carboxylic acids is 1. The molecule has 0 aliphatic heterocycles. The summed E-state index contributed by atoms with van der Waals surface area (Å²) in [5.74, 6) is -7.92. The first-order chi connectivity index (χ1) is 19.0. The molecule has 0 saturated heterocycles. The molecule has 0 bridgehead atoms. The Hall–Kier alpha value is -2.67. The summed E-state index contributed by atoms with van der Waals surface area (Å²) >= 11 is 6.26. The monoisotopic (exact) mass is 618 g/mol. The fourth-order valence-electron chi connectivity index (χ4n) is 5.47. The molecule has 8 nitrogen and oxygen atoms in total. The third kappa shape index (κ3) is 6.87. The highest BCUT2D eigenvalue weighted by molar-refractivity contribution is 7.92. The molecule has 1 saturated carbocycles. The van der Waals surface area contributed by atoms with E-state index in [9.17, 15) is 41.4 Å². The Kier molecular flexibility index (Phi) is 10.2. The number of benzene rings is 2. The van der Waals surface area contributed by atoms with Crippen LogP contribution in [0.15, 0.2) is 35.2 Å². The lowest BCUT2D eigenvalue weighted by Crippen LogP contribution is -2.59. The standard InChI is InChI=1S/C28H34ClF3N2O6S/c1-5-17-10-19(8-15(4)28(17,38)13-33-25(14(2)3)27(36)37)41(39,40)23-9-16(6-7-20(23)29)26(35)34-18-11-21(30)24(32)22(31)12-18/h6-7,9,11-12,14-15,17,19,25,33,38H,5,8,10,13H2,1-4H3,(H,34,35)(H,36,37)/t15-,17?,19-,25-,28-/m0/s1. The molecule has 41 heavy (non-hydrogen) atoms. The van der Waals surface area contributed by atoms with Crippen molar-refractivity contribution in [3.63, 3.8) is 0 Å². The van der Waals surface area contributed by atoms with Gasteiger partial charge in [-0.15, -0.1) is 0 Å². The second kappa shape index (κ2) is 12.7. The molecule has 3 rings (SSSR count). The number of hydrogen-bond donors (Lipinski definition) is 4. The molecule has 0 radical (unpaired) electrons. The number of amides is 1. The van der Waals surface area contributed by atoms with E-state index in [0.29, 0.717) is 18.6 Å². The van der Waals surface area contributed by atoms with Gasteiger partial charge in [0.25, 0.3) is 5.91 Å². The van der Waals surface area contributed by atoms with Gasteiger partial charge in [-0.25, -0.2) is 21.6 Å². The van der Waals surface area contributed by atoms with Crippen molar-refractivity contribution in [3.05, 3.63) is 58.4 Å².